The Labute approximate surface area is 134 Å². The Hall–Kier alpha value is -2.96. The van der Waals surface area contributed by atoms with Gasteiger partial charge in [0.1, 0.15) is 5.69 Å². The number of carbonyl (C=O) groups excluding carboxylic acids is 1. The molecular formula is C16H18N6O. The van der Waals surface area contributed by atoms with Crippen LogP contribution in [-0.4, -0.2) is 44.7 Å². The van der Waals surface area contributed by atoms with Gasteiger partial charge in [-0.05, 0) is 17.7 Å². The van der Waals surface area contributed by atoms with E-state index in [2.05, 4.69) is 20.4 Å². The van der Waals surface area contributed by atoms with Crippen LogP contribution >= 0.6 is 0 Å². The van der Waals surface area contributed by atoms with Crippen LogP contribution < -0.4 is 5.32 Å². The van der Waals surface area contributed by atoms with Gasteiger partial charge >= 0.3 is 0 Å². The molecule has 0 saturated heterocycles. The summed E-state index contributed by atoms with van der Waals surface area (Å²) in [6.07, 6.45) is 5.26. The highest BCUT2D eigenvalue weighted by atomic mass is 16.2. The normalized spacial score (nSPS) is 10.7. The smallest absolute Gasteiger partial charge is 0.271 e. The number of carbonyl (C=O) groups is 1. The van der Waals surface area contributed by atoms with Crippen molar-refractivity contribution in [2.75, 3.05) is 19.4 Å². The lowest BCUT2D eigenvalue weighted by molar-refractivity contribution is 0.0822. The third-order valence-corrected chi connectivity index (χ3v) is 3.57. The van der Waals surface area contributed by atoms with Gasteiger partial charge in [0, 0.05) is 45.8 Å². The molecule has 7 heteroatoms. The van der Waals surface area contributed by atoms with E-state index in [0.29, 0.717) is 12.2 Å². The minimum Gasteiger partial charge on any atom is -0.380 e. The number of pyridine rings is 2. The Morgan fingerprint density at radius 2 is 2.04 bits per heavy atom. The molecule has 0 unspecified atom stereocenters. The van der Waals surface area contributed by atoms with E-state index in [1.165, 1.54) is 4.90 Å². The van der Waals surface area contributed by atoms with Crippen LogP contribution in [0.4, 0.5) is 5.69 Å². The fraction of sp³-hybridized carbons (Fsp3) is 0.250. The Morgan fingerprint density at radius 1 is 1.22 bits per heavy atom. The average molecular weight is 310 g/mol. The predicted molar refractivity (Wildman–Crippen MR) is 88.1 cm³/mol. The van der Waals surface area contributed by atoms with Crippen LogP contribution in [-0.2, 0) is 13.6 Å². The first kappa shape index (κ1) is 15.0. The summed E-state index contributed by atoms with van der Waals surface area (Å²) >= 11 is 0. The van der Waals surface area contributed by atoms with Gasteiger partial charge in [-0.15, -0.1) is 0 Å². The Balaban J connectivity index is 1.74. The van der Waals surface area contributed by atoms with Crippen molar-refractivity contribution in [1.29, 1.82) is 0 Å². The number of amides is 1. The quantitative estimate of drug-likeness (QED) is 0.793. The van der Waals surface area contributed by atoms with Gasteiger partial charge in [0.2, 0.25) is 0 Å². The molecule has 3 aromatic rings. The summed E-state index contributed by atoms with van der Waals surface area (Å²) in [6.45, 7) is 0.609. The standard InChI is InChI=1S/C16H18N6O/c1-21(2)16(23)14-5-4-11(9-19-14)8-18-13-6-7-17-15-12(13)10-20-22(15)3/h4-7,9-10H,8H2,1-3H3,(H,17,18). The minimum absolute atomic E-state index is 0.101. The van der Waals surface area contributed by atoms with Gasteiger partial charge in [0.05, 0.1) is 11.6 Å². The van der Waals surface area contributed by atoms with Gasteiger partial charge in [0.25, 0.3) is 5.91 Å². The molecule has 1 N–H and O–H groups in total. The van der Waals surface area contributed by atoms with Gasteiger partial charge in [-0.1, -0.05) is 6.07 Å². The molecule has 1 amide bonds. The van der Waals surface area contributed by atoms with Crippen molar-refractivity contribution in [3.63, 3.8) is 0 Å². The highest BCUT2D eigenvalue weighted by molar-refractivity contribution is 5.92. The highest BCUT2D eigenvalue weighted by Crippen LogP contribution is 2.21. The van der Waals surface area contributed by atoms with Crippen LogP contribution in [0.5, 0.6) is 0 Å². The second-order valence-electron chi connectivity index (χ2n) is 5.47. The number of nitrogens with one attached hydrogen (secondary N) is 1. The van der Waals surface area contributed by atoms with Crippen LogP contribution in [0.25, 0.3) is 11.0 Å². The van der Waals surface area contributed by atoms with Gasteiger partial charge < -0.3 is 10.2 Å². The van der Waals surface area contributed by atoms with Crippen LogP contribution in [0.2, 0.25) is 0 Å². The van der Waals surface area contributed by atoms with Crippen molar-refractivity contribution >= 4 is 22.6 Å². The number of aromatic nitrogens is 4. The molecule has 0 atom stereocenters. The molecule has 3 rings (SSSR count). The predicted octanol–water partition coefficient (Wildman–Crippen LogP) is 1.68. The molecule has 0 fully saturated rings. The zero-order valence-electron chi connectivity index (χ0n) is 13.3. The number of hydrogen-bond acceptors (Lipinski definition) is 5. The maximum atomic E-state index is 11.8. The molecule has 7 nitrogen and oxygen atoms in total. The minimum atomic E-state index is -0.101. The fourth-order valence-corrected chi connectivity index (χ4v) is 2.28. The molecule has 0 saturated carbocycles. The first-order valence-electron chi connectivity index (χ1n) is 7.23. The van der Waals surface area contributed by atoms with Crippen molar-refractivity contribution < 1.29 is 4.79 Å². The molecular weight excluding hydrogens is 292 g/mol. The Bertz CT molecular complexity index is 837. The van der Waals surface area contributed by atoms with E-state index < -0.39 is 0 Å². The first-order chi connectivity index (χ1) is 11.1. The molecule has 23 heavy (non-hydrogen) atoms. The van der Waals surface area contributed by atoms with Crippen LogP contribution in [0.1, 0.15) is 16.1 Å². The summed E-state index contributed by atoms with van der Waals surface area (Å²) in [7, 11) is 5.29. The summed E-state index contributed by atoms with van der Waals surface area (Å²) in [5.74, 6) is -0.101. The second kappa shape index (κ2) is 6.04. The van der Waals surface area contributed by atoms with E-state index in [-0.39, 0.29) is 5.91 Å². The molecule has 0 aliphatic heterocycles. The zero-order valence-corrected chi connectivity index (χ0v) is 13.3. The highest BCUT2D eigenvalue weighted by Gasteiger charge is 2.09. The van der Waals surface area contributed by atoms with E-state index in [1.807, 2.05) is 19.2 Å². The number of nitrogens with zero attached hydrogens (tertiary/aromatic N) is 5. The molecule has 0 aromatic carbocycles. The van der Waals surface area contributed by atoms with Gasteiger partial charge in [0.15, 0.2) is 5.65 Å². The van der Waals surface area contributed by atoms with Crippen molar-refractivity contribution in [2.24, 2.45) is 7.05 Å². The zero-order chi connectivity index (χ0) is 16.4. The number of aryl methyl sites for hydroxylation is 1. The average Bonchev–Trinajstić information content (AvgIpc) is 2.95. The van der Waals surface area contributed by atoms with Crippen molar-refractivity contribution in [2.45, 2.75) is 6.54 Å². The molecule has 3 aromatic heterocycles. The van der Waals surface area contributed by atoms with Crippen molar-refractivity contribution in [3.05, 3.63) is 48.0 Å². The molecule has 0 aliphatic rings. The Morgan fingerprint density at radius 3 is 2.74 bits per heavy atom. The monoisotopic (exact) mass is 310 g/mol. The largest absolute Gasteiger partial charge is 0.380 e. The summed E-state index contributed by atoms with van der Waals surface area (Å²) in [5, 5.41) is 8.55. The molecule has 0 bridgehead atoms. The number of fused-ring (bicyclic) bond motifs is 1. The third kappa shape index (κ3) is 2.98. The Kier molecular flexibility index (Phi) is 3.92. The van der Waals surface area contributed by atoms with E-state index in [4.69, 9.17) is 0 Å². The summed E-state index contributed by atoms with van der Waals surface area (Å²) in [4.78, 5) is 21.9. The van der Waals surface area contributed by atoms with E-state index in [0.717, 1.165) is 22.3 Å². The summed E-state index contributed by atoms with van der Waals surface area (Å²) in [5.41, 5.74) is 3.24. The molecule has 118 valence electrons. The van der Waals surface area contributed by atoms with Gasteiger partial charge in [-0.3, -0.25) is 14.5 Å². The number of anilines is 1. The molecule has 0 spiro atoms. The van der Waals surface area contributed by atoms with Gasteiger partial charge in [-0.25, -0.2) is 4.98 Å². The first-order valence-corrected chi connectivity index (χ1v) is 7.23. The lowest BCUT2D eigenvalue weighted by atomic mass is 10.2. The summed E-state index contributed by atoms with van der Waals surface area (Å²) < 4.78 is 1.74. The van der Waals surface area contributed by atoms with Crippen LogP contribution in [0.15, 0.2) is 36.8 Å². The van der Waals surface area contributed by atoms with Crippen molar-refractivity contribution in [1.82, 2.24) is 24.6 Å². The second-order valence-corrected chi connectivity index (χ2v) is 5.47. The number of hydrogen-bond donors (Lipinski definition) is 1. The lowest BCUT2D eigenvalue weighted by Crippen LogP contribution is -2.22. The number of rotatable bonds is 4. The van der Waals surface area contributed by atoms with Crippen molar-refractivity contribution in [3.8, 4) is 0 Å². The molecule has 3 heterocycles. The van der Waals surface area contributed by atoms with E-state index >= 15 is 0 Å². The topological polar surface area (TPSA) is 75.9 Å². The lowest BCUT2D eigenvalue weighted by Gasteiger charge is -2.10. The fourth-order valence-electron chi connectivity index (χ4n) is 2.28. The maximum absolute atomic E-state index is 11.8. The van der Waals surface area contributed by atoms with Crippen LogP contribution in [0, 0.1) is 0 Å². The van der Waals surface area contributed by atoms with Crippen LogP contribution in [0.3, 0.4) is 0 Å². The van der Waals surface area contributed by atoms with E-state index in [9.17, 15) is 4.79 Å². The van der Waals surface area contributed by atoms with Gasteiger partial charge in [-0.2, -0.15) is 5.10 Å². The SMILES string of the molecule is CN(C)C(=O)c1ccc(CNc2ccnc3c2cnn3C)cn1. The van der Waals surface area contributed by atoms with E-state index in [1.54, 1.807) is 43.4 Å². The maximum Gasteiger partial charge on any atom is 0.271 e. The molecule has 0 aliphatic carbocycles. The molecule has 0 radical (unpaired) electrons. The third-order valence-electron chi connectivity index (χ3n) is 3.57. The summed E-state index contributed by atoms with van der Waals surface area (Å²) in [6, 6.07) is 5.56.